The average Bonchev–Trinajstić information content (AvgIpc) is 3.68. The number of carbonyl (C=O) groups is 2. The van der Waals surface area contributed by atoms with E-state index >= 15 is 0 Å². The first kappa shape index (κ1) is 35.1. The SMILES string of the molecule is O=C(c1cc(-c2ccc(F)cc2)c[nH]1)N1CCSC(c2ccccc2)CC1.O=C(c1cc2ccccc2s1)N1CCSC(c2ccccc2)CC1. The predicted molar refractivity (Wildman–Crippen MR) is 212 cm³/mol. The van der Waals surface area contributed by atoms with Crippen molar-refractivity contribution in [2.45, 2.75) is 23.3 Å². The second-order valence-electron chi connectivity index (χ2n) is 12.7. The van der Waals surface area contributed by atoms with E-state index in [-0.39, 0.29) is 17.6 Å². The summed E-state index contributed by atoms with van der Waals surface area (Å²) in [5.41, 5.74) is 5.07. The quantitative estimate of drug-likeness (QED) is 0.192. The standard InChI is InChI=1S/C22H21FN2OS.C20H19NOS2/c23-19-8-6-16(7-9-19)18-14-20(24-15-18)22(26)25-11-10-21(27-13-12-25)17-4-2-1-3-5-17;22-20(19-14-16-8-4-5-9-18(16)24-19)21-11-10-17(23-13-12-21)15-6-2-1-3-7-15/h1-9,14-15,21,24H,10-13H2;1-9,14,17H,10-13H2. The highest BCUT2D eigenvalue weighted by molar-refractivity contribution is 7.99. The molecule has 2 aliphatic rings. The Balaban J connectivity index is 0.000000160. The third-order valence-corrected chi connectivity index (χ3v) is 13.1. The number of H-pyrrole nitrogens is 1. The molecule has 51 heavy (non-hydrogen) atoms. The van der Waals surface area contributed by atoms with Crippen LogP contribution in [0.2, 0.25) is 0 Å². The van der Waals surface area contributed by atoms with Crippen molar-refractivity contribution in [1.29, 1.82) is 0 Å². The van der Waals surface area contributed by atoms with E-state index in [2.05, 4.69) is 71.7 Å². The second-order valence-corrected chi connectivity index (χ2v) is 16.4. The number of aromatic amines is 1. The summed E-state index contributed by atoms with van der Waals surface area (Å²) < 4.78 is 14.3. The van der Waals surface area contributed by atoms with E-state index in [4.69, 9.17) is 0 Å². The molecule has 4 heterocycles. The van der Waals surface area contributed by atoms with Crippen LogP contribution in [0.3, 0.4) is 0 Å². The molecule has 2 unspecified atom stereocenters. The molecular weight excluding hydrogens is 694 g/mol. The Morgan fingerprint density at radius 2 is 1.20 bits per heavy atom. The minimum absolute atomic E-state index is 0.0256. The van der Waals surface area contributed by atoms with Crippen LogP contribution in [0, 0.1) is 5.82 Å². The molecule has 0 saturated carbocycles. The zero-order valence-corrected chi connectivity index (χ0v) is 30.7. The highest BCUT2D eigenvalue weighted by Crippen LogP contribution is 2.36. The first-order chi connectivity index (χ1) is 25.0. The fourth-order valence-electron chi connectivity index (χ4n) is 6.55. The average molecular weight is 734 g/mol. The molecule has 4 aromatic carbocycles. The van der Waals surface area contributed by atoms with Gasteiger partial charge in [0, 0.05) is 59.1 Å². The van der Waals surface area contributed by atoms with Crippen LogP contribution in [0.5, 0.6) is 0 Å². The van der Waals surface area contributed by atoms with Gasteiger partial charge >= 0.3 is 0 Å². The third-order valence-electron chi connectivity index (χ3n) is 9.33. The van der Waals surface area contributed by atoms with Crippen molar-refractivity contribution in [3.63, 3.8) is 0 Å². The van der Waals surface area contributed by atoms with Crippen molar-refractivity contribution in [2.24, 2.45) is 0 Å². The number of thioether (sulfide) groups is 2. The maximum atomic E-state index is 13.1. The van der Waals surface area contributed by atoms with Crippen LogP contribution in [0.25, 0.3) is 21.2 Å². The Morgan fingerprint density at radius 1 is 0.627 bits per heavy atom. The van der Waals surface area contributed by atoms with E-state index in [0.29, 0.717) is 16.2 Å². The van der Waals surface area contributed by atoms with Gasteiger partial charge in [0.1, 0.15) is 11.5 Å². The van der Waals surface area contributed by atoms with Gasteiger partial charge in [-0.25, -0.2) is 4.39 Å². The first-order valence-electron chi connectivity index (χ1n) is 17.4. The molecule has 0 spiro atoms. The number of benzene rings is 4. The maximum absolute atomic E-state index is 13.1. The van der Waals surface area contributed by atoms with Crippen LogP contribution in [-0.4, -0.2) is 64.3 Å². The van der Waals surface area contributed by atoms with E-state index in [1.807, 2.05) is 63.7 Å². The molecule has 2 atom stereocenters. The molecule has 2 fully saturated rings. The summed E-state index contributed by atoms with van der Waals surface area (Å²) in [6.45, 7) is 3.16. The number of rotatable bonds is 5. The zero-order chi connectivity index (χ0) is 35.0. The molecule has 2 saturated heterocycles. The lowest BCUT2D eigenvalue weighted by atomic mass is 10.1. The summed E-state index contributed by atoms with van der Waals surface area (Å²) in [7, 11) is 0. The van der Waals surface area contributed by atoms with Gasteiger partial charge in [0.25, 0.3) is 11.8 Å². The number of nitrogens with one attached hydrogen (secondary N) is 1. The van der Waals surface area contributed by atoms with Crippen molar-refractivity contribution in [3.8, 4) is 11.1 Å². The highest BCUT2D eigenvalue weighted by Gasteiger charge is 2.25. The number of nitrogens with zero attached hydrogens (tertiary/aromatic N) is 2. The number of aromatic nitrogens is 1. The van der Waals surface area contributed by atoms with Gasteiger partial charge in [-0.2, -0.15) is 23.5 Å². The van der Waals surface area contributed by atoms with Crippen LogP contribution in [0.4, 0.5) is 4.39 Å². The predicted octanol–water partition coefficient (Wildman–Crippen LogP) is 10.4. The van der Waals surface area contributed by atoms with Crippen LogP contribution in [0.1, 0.15) is 54.6 Å². The minimum Gasteiger partial charge on any atom is -0.357 e. The third kappa shape index (κ3) is 8.78. The Labute approximate surface area is 311 Å². The van der Waals surface area contributed by atoms with Gasteiger partial charge in [0.05, 0.1) is 4.88 Å². The molecule has 5 nitrogen and oxygen atoms in total. The van der Waals surface area contributed by atoms with Crippen molar-refractivity contribution in [1.82, 2.24) is 14.8 Å². The van der Waals surface area contributed by atoms with Gasteiger partial charge in [0.2, 0.25) is 0 Å². The van der Waals surface area contributed by atoms with Crippen molar-refractivity contribution < 1.29 is 14.0 Å². The van der Waals surface area contributed by atoms with Crippen molar-refractivity contribution in [2.75, 3.05) is 37.7 Å². The highest BCUT2D eigenvalue weighted by atomic mass is 32.2. The number of carbonyl (C=O) groups excluding carboxylic acids is 2. The lowest BCUT2D eigenvalue weighted by Crippen LogP contribution is -2.33. The van der Waals surface area contributed by atoms with E-state index < -0.39 is 0 Å². The van der Waals surface area contributed by atoms with Crippen LogP contribution in [-0.2, 0) is 0 Å². The van der Waals surface area contributed by atoms with Crippen molar-refractivity contribution in [3.05, 3.63) is 155 Å². The number of halogens is 1. The molecule has 2 amide bonds. The van der Waals surface area contributed by atoms with Crippen molar-refractivity contribution >= 4 is 56.8 Å². The summed E-state index contributed by atoms with van der Waals surface area (Å²) in [6, 6.07) is 39.5. The fourth-order valence-corrected chi connectivity index (χ4v) is 10.0. The summed E-state index contributed by atoms with van der Waals surface area (Å²) in [5, 5.41) is 2.09. The lowest BCUT2D eigenvalue weighted by Gasteiger charge is -2.19. The molecule has 260 valence electrons. The molecular formula is C42H40FN3O2S3. The number of hydrogen-bond donors (Lipinski definition) is 1. The normalized spacial score (nSPS) is 18.0. The van der Waals surface area contributed by atoms with Gasteiger partial charge in [0.15, 0.2) is 0 Å². The van der Waals surface area contributed by atoms with E-state index in [1.165, 1.54) is 28.0 Å². The number of fused-ring (bicyclic) bond motifs is 1. The van der Waals surface area contributed by atoms with Gasteiger partial charge in [-0.3, -0.25) is 9.59 Å². The second kappa shape index (κ2) is 16.8. The molecule has 6 aromatic rings. The zero-order valence-electron chi connectivity index (χ0n) is 28.2. The van der Waals surface area contributed by atoms with Gasteiger partial charge < -0.3 is 14.8 Å². The summed E-state index contributed by atoms with van der Waals surface area (Å²) in [4.78, 5) is 33.7. The summed E-state index contributed by atoms with van der Waals surface area (Å²) >= 11 is 5.49. The number of hydrogen-bond acceptors (Lipinski definition) is 5. The smallest absolute Gasteiger partial charge is 0.270 e. The fraction of sp³-hybridized carbons (Fsp3) is 0.238. The molecule has 2 aromatic heterocycles. The van der Waals surface area contributed by atoms with Gasteiger partial charge in [-0.05, 0) is 70.8 Å². The van der Waals surface area contributed by atoms with Gasteiger partial charge in [-0.15, -0.1) is 11.3 Å². The summed E-state index contributed by atoms with van der Waals surface area (Å²) in [5.74, 6) is 1.87. The first-order valence-corrected chi connectivity index (χ1v) is 20.3. The Kier molecular flexibility index (Phi) is 11.6. The number of thiophene rings is 1. The van der Waals surface area contributed by atoms with E-state index in [9.17, 15) is 14.0 Å². The molecule has 0 bridgehead atoms. The topological polar surface area (TPSA) is 56.4 Å². The largest absolute Gasteiger partial charge is 0.357 e. The maximum Gasteiger partial charge on any atom is 0.270 e. The molecule has 1 N–H and O–H groups in total. The Hall–Kier alpha value is -4.31. The Morgan fingerprint density at radius 3 is 1.80 bits per heavy atom. The molecule has 0 radical (unpaired) electrons. The molecule has 8 rings (SSSR count). The van der Waals surface area contributed by atoms with Gasteiger partial charge in [-0.1, -0.05) is 91.0 Å². The molecule has 2 aliphatic heterocycles. The lowest BCUT2D eigenvalue weighted by molar-refractivity contribution is 0.0757. The molecule has 0 aliphatic carbocycles. The molecule has 9 heteroatoms. The van der Waals surface area contributed by atoms with Crippen LogP contribution < -0.4 is 0 Å². The summed E-state index contributed by atoms with van der Waals surface area (Å²) in [6.07, 6.45) is 3.77. The van der Waals surface area contributed by atoms with Crippen LogP contribution >= 0.6 is 34.9 Å². The Bertz CT molecular complexity index is 2020. The number of amides is 2. The van der Waals surface area contributed by atoms with E-state index in [0.717, 1.165) is 71.9 Å². The van der Waals surface area contributed by atoms with Crippen LogP contribution in [0.15, 0.2) is 128 Å². The minimum atomic E-state index is -0.263. The van der Waals surface area contributed by atoms with E-state index in [1.54, 1.807) is 29.7 Å². The monoisotopic (exact) mass is 733 g/mol.